The summed E-state index contributed by atoms with van der Waals surface area (Å²) in [5.41, 5.74) is 5.58. The fraction of sp³-hybridized carbons (Fsp3) is 0.500. The molecule has 0 bridgehead atoms. The number of ether oxygens (including phenoxy) is 4. The summed E-state index contributed by atoms with van der Waals surface area (Å²) in [6.45, 7) is 10.5. The Bertz CT molecular complexity index is 5430. The summed E-state index contributed by atoms with van der Waals surface area (Å²) < 4.78 is 400. The lowest BCUT2D eigenvalue weighted by Gasteiger charge is -2.31. The molecule has 4 aliphatic carbocycles. The summed E-state index contributed by atoms with van der Waals surface area (Å²) in [7, 11) is 1.68. The fourth-order valence-corrected chi connectivity index (χ4v) is 22.0. The Balaban J connectivity index is 0.000000165. The molecule has 16 rings (SSSR count). The highest BCUT2D eigenvalue weighted by atomic mass is 19.4. The number of nitrogens with one attached hydrogen (secondary N) is 5. The first-order chi connectivity index (χ1) is 68.4. The van der Waals surface area contributed by atoms with E-state index < -0.39 is 200 Å². The van der Waals surface area contributed by atoms with Crippen LogP contribution in [0.3, 0.4) is 0 Å². The van der Waals surface area contributed by atoms with E-state index in [0.717, 1.165) is 5.56 Å². The smallest absolute Gasteiger partial charge is 0.370 e. The lowest BCUT2D eigenvalue weighted by atomic mass is 9.81. The van der Waals surface area contributed by atoms with E-state index in [0.29, 0.717) is 142 Å². The van der Waals surface area contributed by atoms with Crippen molar-refractivity contribution in [1.29, 1.82) is 0 Å². The van der Waals surface area contributed by atoms with Gasteiger partial charge in [0.25, 0.3) is 0 Å². The average Bonchev–Trinajstić information content (AvgIpc) is 1.62. The van der Waals surface area contributed by atoms with Crippen LogP contribution >= 0.6 is 0 Å². The van der Waals surface area contributed by atoms with Crippen LogP contribution in [0.2, 0.25) is 0 Å². The molecule has 44 heteroatoms. The zero-order chi connectivity index (χ0) is 109. The zero-order valence-corrected chi connectivity index (χ0v) is 80.4. The summed E-state index contributed by atoms with van der Waals surface area (Å²) in [6.07, 6.45) is -40.9. The monoisotopic (exact) mass is 2130 g/mol. The molecule has 8 aromatic rings. The summed E-state index contributed by atoms with van der Waals surface area (Å²) in [6, 6.07) is 27.0. The predicted octanol–water partition coefficient (Wildman–Crippen LogP) is 24.3. The third kappa shape index (κ3) is 27.1. The van der Waals surface area contributed by atoms with Gasteiger partial charge < -0.3 is 62.7 Å². The molecule has 4 heterocycles. The molecule has 808 valence electrons. The molecular weight excluding hydrogens is 2020 g/mol. The van der Waals surface area contributed by atoms with Crippen molar-refractivity contribution < 1.29 is 161 Å². The van der Waals surface area contributed by atoms with Gasteiger partial charge in [0.05, 0.1) is 116 Å². The highest BCUT2D eigenvalue weighted by Crippen LogP contribution is 2.55. The molecule has 0 aromatic heterocycles. The van der Waals surface area contributed by atoms with Crippen molar-refractivity contribution in [1.82, 2.24) is 26.6 Å². The predicted molar refractivity (Wildman–Crippen MR) is 483 cm³/mol. The van der Waals surface area contributed by atoms with Gasteiger partial charge in [-0.25, -0.2) is 17.6 Å². The molecular formula is C104H108F28N8O8. The number of carbonyl (C=O) groups excluding carboxylic acids is 4. The number of amides is 4. The maximum Gasteiger partial charge on any atom is 0.416 e. The van der Waals surface area contributed by atoms with Gasteiger partial charge >= 0.3 is 49.4 Å². The maximum absolute atomic E-state index is 13.6. The summed E-state index contributed by atoms with van der Waals surface area (Å²) >= 11 is 0. The Kier molecular flexibility index (Phi) is 33.7. The van der Waals surface area contributed by atoms with Gasteiger partial charge in [0.2, 0.25) is 23.6 Å². The molecule has 0 spiro atoms. The minimum atomic E-state index is -4.97. The Morgan fingerprint density at radius 2 is 0.473 bits per heavy atom. The van der Waals surface area contributed by atoms with Gasteiger partial charge in [-0.15, -0.1) is 0 Å². The Morgan fingerprint density at radius 1 is 0.291 bits per heavy atom. The van der Waals surface area contributed by atoms with E-state index in [1.54, 1.807) is 76.3 Å². The molecule has 0 unspecified atom stereocenters. The molecule has 4 saturated carbocycles. The van der Waals surface area contributed by atoms with Crippen LogP contribution in [0.1, 0.15) is 263 Å². The molecule has 8 aliphatic rings. The van der Waals surface area contributed by atoms with Crippen molar-refractivity contribution in [3.05, 3.63) is 282 Å². The molecule has 148 heavy (non-hydrogen) atoms. The van der Waals surface area contributed by atoms with Gasteiger partial charge in [-0.1, -0.05) is 48.5 Å². The third-order valence-electron chi connectivity index (χ3n) is 29.4. The van der Waals surface area contributed by atoms with Crippen LogP contribution in [0.4, 0.5) is 123 Å². The van der Waals surface area contributed by atoms with Crippen LogP contribution < -0.4 is 43.8 Å². The third-order valence-corrected chi connectivity index (χ3v) is 29.4. The highest BCUT2D eigenvalue weighted by molar-refractivity contribution is 5.89. The molecule has 0 radical (unpaired) electrons. The zero-order valence-electron chi connectivity index (χ0n) is 80.4. The van der Waals surface area contributed by atoms with Gasteiger partial charge in [0.15, 0.2) is 0 Å². The van der Waals surface area contributed by atoms with Gasteiger partial charge in [0.1, 0.15) is 23.3 Å². The largest absolute Gasteiger partial charge is 0.416 e. The molecule has 4 amide bonds. The maximum atomic E-state index is 13.6. The normalized spacial score (nSPS) is 28.9. The van der Waals surface area contributed by atoms with Crippen LogP contribution in [0, 0.1) is 46.9 Å². The Morgan fingerprint density at radius 3 is 0.628 bits per heavy atom. The molecule has 16 nitrogen and oxygen atoms in total. The van der Waals surface area contributed by atoms with Crippen molar-refractivity contribution in [2.24, 2.45) is 40.9 Å². The van der Waals surface area contributed by atoms with E-state index in [9.17, 15) is 142 Å². The number of hydrogen-bond donors (Lipinski definition) is 8. The quantitative estimate of drug-likeness (QED) is 0.0313. The molecule has 4 aliphatic heterocycles. The van der Waals surface area contributed by atoms with Crippen molar-refractivity contribution in [2.75, 3.05) is 7.05 Å². The summed E-state index contributed by atoms with van der Waals surface area (Å²) in [4.78, 5) is 49.3. The van der Waals surface area contributed by atoms with Crippen molar-refractivity contribution in [2.45, 2.75) is 294 Å². The van der Waals surface area contributed by atoms with E-state index in [-0.39, 0.29) is 130 Å². The second kappa shape index (κ2) is 43.6. The number of alkyl halides is 24. The van der Waals surface area contributed by atoms with Crippen LogP contribution in [-0.4, -0.2) is 102 Å². The molecule has 4 saturated heterocycles. The van der Waals surface area contributed by atoms with Gasteiger partial charge in [0, 0.05) is 47.8 Å². The van der Waals surface area contributed by atoms with Crippen molar-refractivity contribution in [3.8, 4) is 0 Å². The minimum absolute atomic E-state index is 0.0791. The van der Waals surface area contributed by atoms with Gasteiger partial charge in [-0.3, -0.25) is 19.2 Å². The molecule has 24 atom stereocenters. The van der Waals surface area contributed by atoms with E-state index in [1.807, 2.05) is 0 Å². The number of nitrogens with two attached hydrogens (primary N) is 3. The van der Waals surface area contributed by atoms with Gasteiger partial charge in [-0.05, 0) is 322 Å². The van der Waals surface area contributed by atoms with E-state index >= 15 is 0 Å². The molecule has 11 N–H and O–H groups in total. The fourth-order valence-electron chi connectivity index (χ4n) is 22.0. The number of likely N-dealkylation sites (N-methyl/N-ethyl adjacent to an activating group) is 1. The number of rotatable bonds is 21. The lowest BCUT2D eigenvalue weighted by Crippen LogP contribution is -2.43. The summed E-state index contributed by atoms with van der Waals surface area (Å²) in [5.74, 6) is -5.08. The van der Waals surface area contributed by atoms with E-state index in [1.165, 1.54) is 76.2 Å². The van der Waals surface area contributed by atoms with Crippen LogP contribution in [0.25, 0.3) is 0 Å². The first kappa shape index (κ1) is 114. The number of carbonyl (C=O) groups is 4. The van der Waals surface area contributed by atoms with Crippen molar-refractivity contribution >= 4 is 23.6 Å². The van der Waals surface area contributed by atoms with Crippen LogP contribution in [0.15, 0.2) is 170 Å². The minimum Gasteiger partial charge on any atom is -0.370 e. The second-order valence-electron chi connectivity index (χ2n) is 40.2. The molecule has 8 fully saturated rings. The number of halogens is 28. The Labute approximate surface area is 832 Å². The first-order valence-corrected chi connectivity index (χ1v) is 47.5. The van der Waals surface area contributed by atoms with Gasteiger partial charge in [-0.2, -0.15) is 105 Å². The Hall–Kier alpha value is -10.6. The summed E-state index contributed by atoms with van der Waals surface area (Å²) in [5, 5.41) is 14.7. The molecule has 8 aromatic carbocycles. The van der Waals surface area contributed by atoms with Crippen LogP contribution in [0.5, 0.6) is 0 Å². The highest BCUT2D eigenvalue weighted by Gasteiger charge is 2.56. The first-order valence-electron chi connectivity index (χ1n) is 47.5. The van der Waals surface area contributed by atoms with E-state index in [4.69, 9.17) is 36.1 Å². The number of hydrogen-bond acceptors (Lipinski definition) is 12. The van der Waals surface area contributed by atoms with Crippen LogP contribution in [-0.2, 0) is 87.5 Å². The topological polar surface area (TPSA) is 243 Å². The SMILES string of the molecule is CN[C@@H]1C[C@H]([C@@H]2CC[C@H](O[C@H](C)c3cc(C(F)(F)F)cc(C(F)(F)F)c3)[C@H]2c2ccc(F)cc2)NC1=O.C[C@@H](O[C@H]1CC[C@@H]([C@@H]2C[C@](C)(N)C(=O)N2)[C@@H]1c1ccc(F)cc1)c1cc(C(F)(F)F)cc(C(F)(F)F)c1.C[C@@H](O[C@H]1CC[C@@H]([C@H]2C[C@@](C)(N)C(=O)N2)[C@@H]1c1ccc(F)cc1)c1cc(C(F)(F)F)cc(C(F)(F)F)c1.C[C@@H](O[C@H]1CC[C@@H]([C@H]2C[C@](C)(N)C(=O)N2)[C@@H]1c1ccc(F)cc1)c1cc(C(F)(F)F)cc(C(F)(F)F)c1. The standard InChI is InChI=1S/4C26H27F7N2O2/c1-13(15-9-16(25(28,29)30)11-17(10-15)26(31,32)33)37-22-8-7-19(20-12-21(34-2)24(36)35-20)23(22)14-3-5-18(27)6-4-14;3*1-13(15-9-16(25(28,29)30)11-17(10-15)26(31,32)33)37-21-8-7-19(20-12-24(2,34)23(36)35-20)22(21)14-3-5-18(27)6-4-14/h3-6,9-11,13,19-23,34H,7-8,12H2,1-2H3,(H,35,36);3*3-6,9-11,13,19-22H,7-8,12,34H2,1-2H3,(H,35,36)/t13-,19+,20-,21-,22+,23+;13-,19+,20+,21+,22+,24+;13-,19+,20-,21+,22+,24+;13-,19+,20-,21+,22+,24-/m1111/s1. The lowest BCUT2D eigenvalue weighted by molar-refractivity contribution is -0.145. The second-order valence-corrected chi connectivity index (χ2v) is 40.2. The average molecular weight is 2130 g/mol. The van der Waals surface area contributed by atoms with E-state index in [2.05, 4.69) is 26.6 Å². The number of benzene rings is 8. The van der Waals surface area contributed by atoms with Crippen molar-refractivity contribution in [3.63, 3.8) is 0 Å².